The van der Waals surface area contributed by atoms with Crippen molar-refractivity contribution in [1.29, 1.82) is 0 Å². The molecule has 0 aliphatic carbocycles. The topological polar surface area (TPSA) is 40.5 Å². The van der Waals surface area contributed by atoms with Crippen LogP contribution in [0.2, 0.25) is 0 Å². The van der Waals surface area contributed by atoms with E-state index in [9.17, 15) is 9.90 Å². The summed E-state index contributed by atoms with van der Waals surface area (Å²) in [4.78, 5) is 13.4. The fourth-order valence-electron chi connectivity index (χ4n) is 2.49. The number of piperidine rings is 1. The molecule has 0 saturated carbocycles. The average Bonchev–Trinajstić information content (AvgIpc) is 2.28. The van der Waals surface area contributed by atoms with Crippen molar-refractivity contribution in [3.63, 3.8) is 0 Å². The minimum Gasteiger partial charge on any atom is -0.480 e. The molecule has 1 rings (SSSR count). The molecule has 0 bridgehead atoms. The van der Waals surface area contributed by atoms with Gasteiger partial charge in [0.05, 0.1) is 0 Å². The number of aliphatic carboxylic acids is 1. The van der Waals surface area contributed by atoms with Gasteiger partial charge in [0, 0.05) is 5.54 Å². The summed E-state index contributed by atoms with van der Waals surface area (Å²) in [6.07, 6.45) is 5.04. The molecular weight excluding hydrogens is 190 g/mol. The number of likely N-dealkylation sites (tertiary alicyclic amines) is 1. The largest absolute Gasteiger partial charge is 0.480 e. The molecule has 1 unspecified atom stereocenters. The predicted octanol–water partition coefficient (Wildman–Crippen LogP) is 2.50. The Hall–Kier alpha value is -0.570. The van der Waals surface area contributed by atoms with Gasteiger partial charge in [-0.05, 0) is 39.2 Å². The highest BCUT2D eigenvalue weighted by Crippen LogP contribution is 2.30. The van der Waals surface area contributed by atoms with Crippen molar-refractivity contribution in [2.24, 2.45) is 0 Å². The van der Waals surface area contributed by atoms with E-state index in [-0.39, 0.29) is 11.6 Å². The second-order valence-electron chi connectivity index (χ2n) is 4.75. The molecule has 15 heavy (non-hydrogen) atoms. The zero-order valence-electron chi connectivity index (χ0n) is 10.1. The van der Waals surface area contributed by atoms with Crippen LogP contribution < -0.4 is 0 Å². The molecule has 1 heterocycles. The molecule has 0 spiro atoms. The van der Waals surface area contributed by atoms with Crippen molar-refractivity contribution in [3.8, 4) is 0 Å². The van der Waals surface area contributed by atoms with E-state index in [0.29, 0.717) is 0 Å². The van der Waals surface area contributed by atoms with E-state index in [0.717, 1.165) is 38.6 Å². The first-order chi connectivity index (χ1) is 7.05. The Morgan fingerprint density at radius 3 is 2.47 bits per heavy atom. The minimum atomic E-state index is -0.650. The van der Waals surface area contributed by atoms with Gasteiger partial charge in [-0.3, -0.25) is 9.69 Å². The van der Waals surface area contributed by atoms with Gasteiger partial charge < -0.3 is 5.11 Å². The van der Waals surface area contributed by atoms with E-state index in [1.165, 1.54) is 0 Å². The fraction of sp³-hybridized carbons (Fsp3) is 0.917. The van der Waals surface area contributed by atoms with Gasteiger partial charge in [0.25, 0.3) is 0 Å². The van der Waals surface area contributed by atoms with Gasteiger partial charge in [0.15, 0.2) is 0 Å². The predicted molar refractivity (Wildman–Crippen MR) is 61.0 cm³/mol. The van der Waals surface area contributed by atoms with Crippen LogP contribution in [0, 0.1) is 0 Å². The van der Waals surface area contributed by atoms with Crippen molar-refractivity contribution >= 4 is 5.97 Å². The normalized spacial score (nSPS) is 24.1. The Kier molecular flexibility index (Phi) is 4.14. The van der Waals surface area contributed by atoms with Crippen molar-refractivity contribution in [1.82, 2.24) is 4.90 Å². The Balaban J connectivity index is 2.83. The molecule has 1 saturated heterocycles. The van der Waals surface area contributed by atoms with Gasteiger partial charge in [-0.15, -0.1) is 0 Å². The molecule has 1 N–H and O–H groups in total. The van der Waals surface area contributed by atoms with Crippen molar-refractivity contribution in [2.45, 2.75) is 64.5 Å². The SMILES string of the molecule is CCC(C)(CC)N1CCCCC1C(=O)O. The lowest BCUT2D eigenvalue weighted by Crippen LogP contribution is -2.56. The van der Waals surface area contributed by atoms with Gasteiger partial charge in [0.2, 0.25) is 0 Å². The zero-order valence-corrected chi connectivity index (χ0v) is 10.1. The quantitative estimate of drug-likeness (QED) is 0.780. The maximum atomic E-state index is 11.2. The minimum absolute atomic E-state index is 0.0590. The maximum absolute atomic E-state index is 11.2. The van der Waals surface area contributed by atoms with E-state index < -0.39 is 5.97 Å². The molecule has 0 aromatic heterocycles. The molecule has 88 valence electrons. The van der Waals surface area contributed by atoms with Crippen LogP contribution in [0.1, 0.15) is 52.9 Å². The van der Waals surface area contributed by atoms with Crippen molar-refractivity contribution in [3.05, 3.63) is 0 Å². The van der Waals surface area contributed by atoms with Crippen LogP contribution in [0.15, 0.2) is 0 Å². The van der Waals surface area contributed by atoms with Gasteiger partial charge >= 0.3 is 5.97 Å². The molecule has 0 radical (unpaired) electrons. The van der Waals surface area contributed by atoms with Crippen LogP contribution in [0.25, 0.3) is 0 Å². The molecule has 1 aliphatic rings. The molecular formula is C12H23NO2. The monoisotopic (exact) mass is 213 g/mol. The number of rotatable bonds is 4. The molecule has 1 fully saturated rings. The first-order valence-corrected chi connectivity index (χ1v) is 6.04. The molecule has 3 heteroatoms. The van der Waals surface area contributed by atoms with Crippen LogP contribution >= 0.6 is 0 Å². The standard InChI is InChI=1S/C12H23NO2/c1-4-12(3,5-2)13-9-7-6-8-10(13)11(14)15/h10H,4-9H2,1-3H3,(H,14,15). The smallest absolute Gasteiger partial charge is 0.320 e. The summed E-state index contributed by atoms with van der Waals surface area (Å²) in [7, 11) is 0. The third-order valence-electron chi connectivity index (χ3n) is 4.00. The van der Waals surface area contributed by atoms with Crippen LogP contribution in [0.4, 0.5) is 0 Å². The van der Waals surface area contributed by atoms with E-state index in [2.05, 4.69) is 25.7 Å². The summed E-state index contributed by atoms with van der Waals surface area (Å²) in [5.41, 5.74) is 0.0590. The van der Waals surface area contributed by atoms with E-state index >= 15 is 0 Å². The number of carbonyl (C=O) groups is 1. The third-order valence-corrected chi connectivity index (χ3v) is 4.00. The lowest BCUT2D eigenvalue weighted by atomic mass is 9.87. The highest BCUT2D eigenvalue weighted by atomic mass is 16.4. The van der Waals surface area contributed by atoms with E-state index in [4.69, 9.17) is 0 Å². The zero-order chi connectivity index (χ0) is 11.5. The van der Waals surface area contributed by atoms with Gasteiger partial charge in [-0.1, -0.05) is 20.3 Å². The van der Waals surface area contributed by atoms with Gasteiger partial charge in [-0.25, -0.2) is 0 Å². The second kappa shape index (κ2) is 4.97. The van der Waals surface area contributed by atoms with Crippen molar-refractivity contribution in [2.75, 3.05) is 6.54 Å². The van der Waals surface area contributed by atoms with E-state index in [1.54, 1.807) is 0 Å². The van der Waals surface area contributed by atoms with Crippen LogP contribution in [0.5, 0.6) is 0 Å². The maximum Gasteiger partial charge on any atom is 0.320 e. The summed E-state index contributed by atoms with van der Waals surface area (Å²) in [5.74, 6) is -0.650. The highest BCUT2D eigenvalue weighted by Gasteiger charge is 2.38. The Morgan fingerprint density at radius 2 is 2.00 bits per heavy atom. The summed E-state index contributed by atoms with van der Waals surface area (Å²) in [6, 6.07) is -0.261. The summed E-state index contributed by atoms with van der Waals surface area (Å²) in [6.45, 7) is 7.43. The molecule has 1 aliphatic heterocycles. The molecule has 0 amide bonds. The number of hydrogen-bond donors (Lipinski definition) is 1. The van der Waals surface area contributed by atoms with E-state index in [1.807, 2.05) is 0 Å². The van der Waals surface area contributed by atoms with Crippen LogP contribution in [-0.4, -0.2) is 34.1 Å². The number of hydrogen-bond acceptors (Lipinski definition) is 2. The number of carboxylic acids is 1. The molecule has 0 aromatic carbocycles. The summed E-state index contributed by atoms with van der Waals surface area (Å²) >= 11 is 0. The number of carboxylic acid groups (broad SMARTS) is 1. The molecule has 3 nitrogen and oxygen atoms in total. The Morgan fingerprint density at radius 1 is 1.40 bits per heavy atom. The average molecular weight is 213 g/mol. The fourth-order valence-corrected chi connectivity index (χ4v) is 2.49. The Labute approximate surface area is 92.5 Å². The Bertz CT molecular complexity index is 224. The van der Waals surface area contributed by atoms with Gasteiger partial charge in [-0.2, -0.15) is 0 Å². The van der Waals surface area contributed by atoms with Crippen LogP contribution in [0.3, 0.4) is 0 Å². The van der Waals surface area contributed by atoms with Gasteiger partial charge in [0.1, 0.15) is 6.04 Å². The second-order valence-corrected chi connectivity index (χ2v) is 4.75. The first kappa shape index (κ1) is 12.5. The third kappa shape index (κ3) is 2.51. The van der Waals surface area contributed by atoms with Crippen molar-refractivity contribution < 1.29 is 9.90 Å². The number of nitrogens with zero attached hydrogens (tertiary/aromatic N) is 1. The lowest BCUT2D eigenvalue weighted by molar-refractivity contribution is -0.148. The highest BCUT2D eigenvalue weighted by molar-refractivity contribution is 5.73. The molecule has 0 aromatic rings. The summed E-state index contributed by atoms with van der Waals surface area (Å²) in [5, 5.41) is 9.22. The summed E-state index contributed by atoms with van der Waals surface area (Å²) < 4.78 is 0. The lowest BCUT2D eigenvalue weighted by Gasteiger charge is -2.46. The molecule has 1 atom stereocenters. The van der Waals surface area contributed by atoms with Crippen LogP contribution in [-0.2, 0) is 4.79 Å². The first-order valence-electron chi connectivity index (χ1n) is 6.04.